The second kappa shape index (κ2) is 14.0. The molecule has 1 aromatic carbocycles. The maximum Gasteiger partial charge on any atom is 0.514 e. The Hall–Kier alpha value is -4.34. The zero-order chi connectivity index (χ0) is 26.5. The smallest absolute Gasteiger partial charge is 0.463 e. The molecule has 13 nitrogen and oxygen atoms in total. The number of nitroso groups, excluding NO2 is 1. The number of nitro benzene ring substituents is 1. The van der Waals surface area contributed by atoms with Crippen molar-refractivity contribution in [3.05, 3.63) is 38.3 Å². The third-order valence-electron chi connectivity index (χ3n) is 4.61. The molecule has 0 saturated heterocycles. The Labute approximate surface area is 201 Å². The fourth-order valence-corrected chi connectivity index (χ4v) is 2.95. The third kappa shape index (κ3) is 7.88. The van der Waals surface area contributed by atoms with Crippen molar-refractivity contribution in [2.24, 2.45) is 5.18 Å². The Morgan fingerprint density at radius 3 is 2.37 bits per heavy atom. The van der Waals surface area contributed by atoms with Crippen LogP contribution in [0.1, 0.15) is 46.1 Å². The van der Waals surface area contributed by atoms with E-state index in [1.807, 2.05) is 0 Å². The maximum atomic E-state index is 12.5. The van der Waals surface area contributed by atoms with Crippen LogP contribution in [0.3, 0.4) is 0 Å². The standard InChI is InChI=1S/C22H26N4O9/c1-5-9-17(21(28)33-8-4)34-22(29)35-18-12-14(11-16(26(31)32)19(18)24-30)10-15(13-23)20(27)25(6-2)7-3/h10-12,17H,5-9H2,1-4H3/b15-10+. The van der Waals surface area contributed by atoms with E-state index in [0.29, 0.717) is 19.5 Å². The molecule has 1 rings (SSSR count). The molecule has 0 aliphatic rings. The Morgan fingerprint density at radius 1 is 1.23 bits per heavy atom. The highest BCUT2D eigenvalue weighted by Crippen LogP contribution is 2.39. The zero-order valence-corrected chi connectivity index (χ0v) is 19.8. The van der Waals surface area contributed by atoms with E-state index in [4.69, 9.17) is 14.2 Å². The summed E-state index contributed by atoms with van der Waals surface area (Å²) in [6.07, 6.45) is -1.10. The third-order valence-corrected chi connectivity index (χ3v) is 4.61. The number of nitro groups is 1. The fraction of sp³-hybridized carbons (Fsp3) is 0.455. The number of carbonyl (C=O) groups is 3. The molecule has 0 saturated carbocycles. The van der Waals surface area contributed by atoms with Gasteiger partial charge in [0.1, 0.15) is 11.6 Å². The lowest BCUT2D eigenvalue weighted by Gasteiger charge is -2.17. The maximum absolute atomic E-state index is 12.5. The number of rotatable bonds is 12. The highest BCUT2D eigenvalue weighted by Gasteiger charge is 2.28. The van der Waals surface area contributed by atoms with Crippen molar-refractivity contribution < 1.29 is 33.5 Å². The van der Waals surface area contributed by atoms with Gasteiger partial charge in [0, 0.05) is 19.2 Å². The van der Waals surface area contributed by atoms with Crippen molar-refractivity contribution in [1.82, 2.24) is 4.90 Å². The number of nitrogens with zero attached hydrogens (tertiary/aromatic N) is 4. The van der Waals surface area contributed by atoms with E-state index in [-0.39, 0.29) is 24.2 Å². The summed E-state index contributed by atoms with van der Waals surface area (Å²) in [4.78, 5) is 60.1. The van der Waals surface area contributed by atoms with Crippen molar-refractivity contribution in [2.45, 2.75) is 46.6 Å². The molecule has 35 heavy (non-hydrogen) atoms. The van der Waals surface area contributed by atoms with Crippen LogP contribution >= 0.6 is 0 Å². The summed E-state index contributed by atoms with van der Waals surface area (Å²) >= 11 is 0. The van der Waals surface area contributed by atoms with Crippen LogP contribution in [-0.2, 0) is 19.1 Å². The minimum atomic E-state index is -1.43. The molecule has 0 radical (unpaired) electrons. The molecule has 0 N–H and O–H groups in total. The molecule has 0 aliphatic carbocycles. The fourth-order valence-electron chi connectivity index (χ4n) is 2.95. The highest BCUT2D eigenvalue weighted by molar-refractivity contribution is 6.02. The second-order valence-corrected chi connectivity index (χ2v) is 6.88. The predicted octanol–water partition coefficient (Wildman–Crippen LogP) is 4.02. The van der Waals surface area contributed by atoms with E-state index >= 15 is 0 Å². The molecule has 1 unspecified atom stereocenters. The average Bonchev–Trinajstić information content (AvgIpc) is 2.82. The number of hydrogen-bond acceptors (Lipinski definition) is 11. The van der Waals surface area contributed by atoms with Gasteiger partial charge in [-0.25, -0.2) is 9.59 Å². The lowest BCUT2D eigenvalue weighted by molar-refractivity contribution is -0.384. The van der Waals surface area contributed by atoms with E-state index in [0.717, 1.165) is 18.2 Å². The van der Waals surface area contributed by atoms with Crippen LogP contribution in [-0.4, -0.2) is 53.7 Å². The van der Waals surface area contributed by atoms with Gasteiger partial charge in [0.15, 0.2) is 5.75 Å². The van der Waals surface area contributed by atoms with Crippen molar-refractivity contribution in [1.29, 1.82) is 5.26 Å². The minimum Gasteiger partial charge on any atom is -0.463 e. The lowest BCUT2D eigenvalue weighted by atomic mass is 10.1. The Bertz CT molecular complexity index is 1040. The van der Waals surface area contributed by atoms with Gasteiger partial charge in [-0.05, 0) is 50.1 Å². The summed E-state index contributed by atoms with van der Waals surface area (Å²) in [7, 11) is 0. The van der Waals surface area contributed by atoms with Crippen molar-refractivity contribution in [2.75, 3.05) is 19.7 Å². The summed E-state index contributed by atoms with van der Waals surface area (Å²) < 4.78 is 14.8. The number of ether oxygens (including phenoxy) is 3. The molecule has 13 heteroatoms. The van der Waals surface area contributed by atoms with Crippen LogP contribution < -0.4 is 4.74 Å². The lowest BCUT2D eigenvalue weighted by Crippen LogP contribution is -2.31. The summed E-state index contributed by atoms with van der Waals surface area (Å²) in [5, 5.41) is 23.5. The van der Waals surface area contributed by atoms with E-state index in [1.54, 1.807) is 33.8 Å². The molecular formula is C22H26N4O9. The first-order valence-corrected chi connectivity index (χ1v) is 10.8. The molecule has 0 bridgehead atoms. The van der Waals surface area contributed by atoms with Crippen LogP contribution in [0.25, 0.3) is 6.08 Å². The van der Waals surface area contributed by atoms with Gasteiger partial charge in [0.2, 0.25) is 11.8 Å². The van der Waals surface area contributed by atoms with E-state index < -0.39 is 46.2 Å². The van der Waals surface area contributed by atoms with Crippen LogP contribution in [0.4, 0.5) is 16.2 Å². The van der Waals surface area contributed by atoms with E-state index in [1.165, 1.54) is 4.90 Å². The normalized spacial score (nSPS) is 11.6. The van der Waals surface area contributed by atoms with Gasteiger partial charge in [-0.1, -0.05) is 13.3 Å². The highest BCUT2D eigenvalue weighted by atomic mass is 16.7. The molecule has 188 valence electrons. The number of likely N-dealkylation sites (N-methyl/N-ethyl adjacent to an activating group) is 1. The van der Waals surface area contributed by atoms with Crippen LogP contribution in [0.15, 0.2) is 22.9 Å². The number of nitriles is 1. The number of hydrogen-bond donors (Lipinski definition) is 0. The molecule has 1 amide bonds. The molecule has 0 fully saturated rings. The Kier molecular flexibility index (Phi) is 11.5. The molecular weight excluding hydrogens is 464 g/mol. The topological polar surface area (TPSA) is 178 Å². The zero-order valence-electron chi connectivity index (χ0n) is 19.8. The van der Waals surface area contributed by atoms with Gasteiger partial charge in [-0.15, -0.1) is 4.91 Å². The summed E-state index contributed by atoms with van der Waals surface area (Å²) in [6.45, 7) is 7.42. The van der Waals surface area contributed by atoms with Gasteiger partial charge < -0.3 is 19.1 Å². The first kappa shape index (κ1) is 28.7. The SMILES string of the molecule is CCCC(OC(=O)Oc1cc(/C=C(\C#N)C(=O)N(CC)CC)cc([N+](=O)[O-])c1N=O)C(=O)OCC. The average molecular weight is 490 g/mol. The molecule has 0 heterocycles. The van der Waals surface area contributed by atoms with Crippen molar-refractivity contribution in [3.63, 3.8) is 0 Å². The van der Waals surface area contributed by atoms with Crippen LogP contribution in [0.2, 0.25) is 0 Å². The first-order valence-electron chi connectivity index (χ1n) is 10.8. The largest absolute Gasteiger partial charge is 0.514 e. The molecule has 1 aromatic rings. The number of esters is 1. The quantitative estimate of drug-likeness (QED) is 0.0790. The number of benzene rings is 1. The summed E-state index contributed by atoms with van der Waals surface area (Å²) in [6, 6.07) is 3.65. The Morgan fingerprint density at radius 2 is 1.89 bits per heavy atom. The van der Waals surface area contributed by atoms with Crippen molar-refractivity contribution in [3.8, 4) is 11.8 Å². The van der Waals surface area contributed by atoms with Gasteiger partial charge in [-0.2, -0.15) is 5.26 Å². The van der Waals surface area contributed by atoms with Crippen LogP contribution in [0, 0.1) is 26.4 Å². The number of carbonyl (C=O) groups excluding carboxylic acids is 3. The van der Waals surface area contributed by atoms with Gasteiger partial charge in [0.05, 0.1) is 11.5 Å². The first-order chi connectivity index (χ1) is 16.7. The molecule has 0 spiro atoms. The van der Waals surface area contributed by atoms with E-state index in [2.05, 4.69) is 5.18 Å². The number of amides is 1. The monoisotopic (exact) mass is 490 g/mol. The van der Waals surface area contributed by atoms with Crippen LogP contribution in [0.5, 0.6) is 5.75 Å². The summed E-state index contributed by atoms with van der Waals surface area (Å²) in [5.74, 6) is -2.08. The molecule has 1 atom stereocenters. The van der Waals surface area contributed by atoms with Gasteiger partial charge >= 0.3 is 17.8 Å². The van der Waals surface area contributed by atoms with E-state index in [9.17, 15) is 34.7 Å². The van der Waals surface area contributed by atoms with Gasteiger partial charge in [-0.3, -0.25) is 14.9 Å². The summed E-state index contributed by atoms with van der Waals surface area (Å²) in [5.41, 5.74) is -2.08. The minimum absolute atomic E-state index is 0.0463. The van der Waals surface area contributed by atoms with Crippen molar-refractivity contribution >= 4 is 35.5 Å². The second-order valence-electron chi connectivity index (χ2n) is 6.88. The Balaban J connectivity index is 3.45. The van der Waals surface area contributed by atoms with Gasteiger partial charge in [0.25, 0.3) is 5.91 Å². The molecule has 0 aromatic heterocycles. The predicted molar refractivity (Wildman–Crippen MR) is 123 cm³/mol. The molecule has 0 aliphatic heterocycles.